The van der Waals surface area contributed by atoms with E-state index in [1.165, 1.54) is 0 Å². The van der Waals surface area contributed by atoms with Crippen LogP contribution in [0.1, 0.15) is 29.2 Å². The highest BCUT2D eigenvalue weighted by atomic mass is 19.4. The molecule has 0 saturated heterocycles. The number of nitrogens with one attached hydrogen (secondary N) is 1. The van der Waals surface area contributed by atoms with E-state index >= 15 is 0 Å². The molecule has 1 amide bonds. The second-order valence-corrected chi connectivity index (χ2v) is 5.58. The summed E-state index contributed by atoms with van der Waals surface area (Å²) in [5, 5.41) is 2.06. The Balaban J connectivity index is 2.84. The number of methoxy groups -OCH3 is 1. The largest absolute Gasteiger partial charge is 0.453 e. The fraction of sp³-hybridized carbons (Fsp3) is 0.312. The molecule has 0 radical (unpaired) electrons. The number of ether oxygens (including phenoxy) is 1. The zero-order valence-electron chi connectivity index (χ0n) is 13.9. The maximum atomic E-state index is 13.4. The zero-order chi connectivity index (χ0) is 20.5. The van der Waals surface area contributed by atoms with Gasteiger partial charge < -0.3 is 10.1 Å². The predicted octanol–water partition coefficient (Wildman–Crippen LogP) is 4.13. The third kappa shape index (κ3) is 4.12. The van der Waals surface area contributed by atoms with Gasteiger partial charge in [-0.2, -0.15) is 26.3 Å². The van der Waals surface area contributed by atoms with E-state index in [1.54, 1.807) is 0 Å². The van der Waals surface area contributed by atoms with E-state index in [4.69, 9.17) is 0 Å². The van der Waals surface area contributed by atoms with Crippen LogP contribution in [0.5, 0.6) is 0 Å². The number of alkyl carbamates (subject to hydrolysis) is 1. The first-order valence-electron chi connectivity index (χ1n) is 7.30. The van der Waals surface area contributed by atoms with Crippen LogP contribution < -0.4 is 5.32 Å². The lowest BCUT2D eigenvalue weighted by Gasteiger charge is -2.34. The summed E-state index contributed by atoms with van der Waals surface area (Å²) in [7, 11) is 0.928. The van der Waals surface area contributed by atoms with Gasteiger partial charge in [-0.3, -0.25) is 9.97 Å². The number of pyridine rings is 2. The molecule has 0 bridgehead atoms. The Kier molecular flexibility index (Phi) is 5.34. The molecule has 0 aliphatic carbocycles. The summed E-state index contributed by atoms with van der Waals surface area (Å²) in [6.45, 7) is 0.989. The SMILES string of the molecule is COC(=O)NC(C)(c1cnccc1C(F)(F)F)c1cnccc1C(F)(F)F. The molecule has 2 heterocycles. The van der Waals surface area contributed by atoms with Crippen LogP contribution in [0.15, 0.2) is 36.9 Å². The number of rotatable bonds is 3. The zero-order valence-corrected chi connectivity index (χ0v) is 13.9. The molecule has 2 aromatic heterocycles. The Hall–Kier alpha value is -2.85. The molecule has 11 heteroatoms. The highest BCUT2D eigenvalue weighted by molar-refractivity contribution is 5.70. The van der Waals surface area contributed by atoms with Gasteiger partial charge in [0.25, 0.3) is 0 Å². The first-order valence-corrected chi connectivity index (χ1v) is 7.30. The van der Waals surface area contributed by atoms with Crippen molar-refractivity contribution in [3.05, 3.63) is 59.2 Å². The monoisotopic (exact) mass is 393 g/mol. The Labute approximate surface area is 149 Å². The molecule has 0 unspecified atom stereocenters. The maximum absolute atomic E-state index is 13.4. The molecule has 0 spiro atoms. The normalized spacial score (nSPS) is 12.6. The number of carbonyl (C=O) groups excluding carboxylic acids is 1. The number of carbonyl (C=O) groups is 1. The molecule has 0 atom stereocenters. The van der Waals surface area contributed by atoms with E-state index in [0.717, 1.165) is 38.8 Å². The summed E-state index contributed by atoms with van der Waals surface area (Å²) in [6, 6.07) is 1.21. The molecule has 1 N–H and O–H groups in total. The number of hydrogen-bond acceptors (Lipinski definition) is 4. The Bertz CT molecular complexity index is 778. The van der Waals surface area contributed by atoms with Crippen LogP contribution in [-0.2, 0) is 22.6 Å². The highest BCUT2D eigenvalue weighted by Gasteiger charge is 2.46. The van der Waals surface area contributed by atoms with E-state index in [2.05, 4.69) is 20.0 Å². The predicted molar refractivity (Wildman–Crippen MR) is 80.5 cm³/mol. The fourth-order valence-electron chi connectivity index (χ4n) is 2.62. The van der Waals surface area contributed by atoms with Gasteiger partial charge in [-0.05, 0) is 19.1 Å². The molecular formula is C16H13F6N3O2. The Morgan fingerprint density at radius 3 is 1.63 bits per heavy atom. The smallest absolute Gasteiger partial charge is 0.416 e. The van der Waals surface area contributed by atoms with Crippen molar-refractivity contribution in [3.63, 3.8) is 0 Å². The molecule has 0 fully saturated rings. The molecule has 2 rings (SSSR count). The topological polar surface area (TPSA) is 64.1 Å². The van der Waals surface area contributed by atoms with Crippen LogP contribution in [0.4, 0.5) is 31.1 Å². The lowest BCUT2D eigenvalue weighted by molar-refractivity contribution is -0.139. The van der Waals surface area contributed by atoms with Gasteiger partial charge in [0.15, 0.2) is 0 Å². The molecule has 27 heavy (non-hydrogen) atoms. The van der Waals surface area contributed by atoms with Crippen molar-refractivity contribution in [2.75, 3.05) is 7.11 Å². The van der Waals surface area contributed by atoms with E-state index in [0.29, 0.717) is 12.1 Å². The van der Waals surface area contributed by atoms with Gasteiger partial charge in [-0.15, -0.1) is 0 Å². The molecule has 0 aromatic carbocycles. The minimum Gasteiger partial charge on any atom is -0.453 e. The van der Waals surface area contributed by atoms with Gasteiger partial charge in [-0.1, -0.05) is 0 Å². The number of amides is 1. The van der Waals surface area contributed by atoms with Crippen molar-refractivity contribution in [1.29, 1.82) is 0 Å². The van der Waals surface area contributed by atoms with Crippen LogP contribution in [0, 0.1) is 0 Å². The number of alkyl halides is 6. The van der Waals surface area contributed by atoms with Crippen molar-refractivity contribution in [2.45, 2.75) is 24.8 Å². The van der Waals surface area contributed by atoms with Gasteiger partial charge in [0, 0.05) is 35.9 Å². The minimum atomic E-state index is -4.90. The molecule has 146 valence electrons. The van der Waals surface area contributed by atoms with Crippen molar-refractivity contribution in [2.24, 2.45) is 0 Å². The Morgan fingerprint density at radius 2 is 1.30 bits per heavy atom. The number of aromatic nitrogens is 2. The van der Waals surface area contributed by atoms with Crippen LogP contribution in [0.25, 0.3) is 0 Å². The van der Waals surface area contributed by atoms with Gasteiger partial charge in [-0.25, -0.2) is 4.79 Å². The molecule has 0 aliphatic heterocycles. The van der Waals surface area contributed by atoms with Crippen LogP contribution in [-0.4, -0.2) is 23.2 Å². The fourth-order valence-corrected chi connectivity index (χ4v) is 2.62. The summed E-state index contributed by atoms with van der Waals surface area (Å²) < 4.78 is 85.0. The van der Waals surface area contributed by atoms with Crippen molar-refractivity contribution in [1.82, 2.24) is 15.3 Å². The van der Waals surface area contributed by atoms with Gasteiger partial charge in [0.2, 0.25) is 0 Å². The Morgan fingerprint density at radius 1 is 0.889 bits per heavy atom. The summed E-state index contributed by atoms with van der Waals surface area (Å²) in [5.41, 5.74) is -6.18. The summed E-state index contributed by atoms with van der Waals surface area (Å²) in [4.78, 5) is 18.9. The quantitative estimate of drug-likeness (QED) is 0.797. The second-order valence-electron chi connectivity index (χ2n) is 5.58. The average Bonchev–Trinajstić information content (AvgIpc) is 2.60. The summed E-state index contributed by atoms with van der Waals surface area (Å²) >= 11 is 0. The second kappa shape index (κ2) is 7.05. The standard InChI is InChI=1S/C16H13F6N3O2/c1-14(25-13(26)27-2,11-7-23-5-3-9(11)15(17,18)19)12-8-24-6-4-10(12)16(20,21)22/h3-8H,1-2H3,(H,25,26). The summed E-state index contributed by atoms with van der Waals surface area (Å²) in [6.07, 6.45) is -7.86. The van der Waals surface area contributed by atoms with E-state index < -0.39 is 46.2 Å². The van der Waals surface area contributed by atoms with Crippen molar-refractivity contribution in [3.8, 4) is 0 Å². The number of nitrogens with zero attached hydrogens (tertiary/aromatic N) is 2. The molecule has 2 aromatic rings. The van der Waals surface area contributed by atoms with Crippen molar-refractivity contribution < 1.29 is 35.9 Å². The third-order valence-corrected chi connectivity index (χ3v) is 3.87. The van der Waals surface area contributed by atoms with Gasteiger partial charge >= 0.3 is 18.4 Å². The van der Waals surface area contributed by atoms with Gasteiger partial charge in [0.1, 0.15) is 0 Å². The van der Waals surface area contributed by atoms with E-state index in [1.807, 2.05) is 0 Å². The number of hydrogen-bond donors (Lipinski definition) is 1. The maximum Gasteiger partial charge on any atom is 0.416 e. The first-order chi connectivity index (χ1) is 12.4. The van der Waals surface area contributed by atoms with E-state index in [9.17, 15) is 31.1 Å². The van der Waals surface area contributed by atoms with Crippen LogP contribution in [0.2, 0.25) is 0 Å². The third-order valence-electron chi connectivity index (χ3n) is 3.87. The highest BCUT2D eigenvalue weighted by Crippen LogP contribution is 2.43. The molecular weight excluding hydrogens is 380 g/mol. The lowest BCUT2D eigenvalue weighted by atomic mass is 9.81. The minimum absolute atomic E-state index is 0.607. The van der Waals surface area contributed by atoms with Crippen LogP contribution >= 0.6 is 0 Å². The van der Waals surface area contributed by atoms with Crippen LogP contribution in [0.3, 0.4) is 0 Å². The molecule has 5 nitrogen and oxygen atoms in total. The van der Waals surface area contributed by atoms with Gasteiger partial charge in [0.05, 0.1) is 23.8 Å². The number of halogens is 6. The molecule has 0 aliphatic rings. The molecule has 0 saturated carbocycles. The van der Waals surface area contributed by atoms with Crippen molar-refractivity contribution >= 4 is 6.09 Å². The lowest BCUT2D eigenvalue weighted by Crippen LogP contribution is -2.46. The van der Waals surface area contributed by atoms with E-state index in [-0.39, 0.29) is 0 Å². The first kappa shape index (κ1) is 20.5. The average molecular weight is 393 g/mol. The summed E-state index contributed by atoms with van der Waals surface area (Å²) in [5.74, 6) is 0.